The molecule has 2 rings (SSSR count). The predicted molar refractivity (Wildman–Crippen MR) is 60.9 cm³/mol. The number of nitrogens with one attached hydrogen (secondary N) is 1. The van der Waals surface area contributed by atoms with Crippen LogP contribution in [0.1, 0.15) is 37.6 Å². The molecule has 0 atom stereocenters. The van der Waals surface area contributed by atoms with Gasteiger partial charge in [0, 0.05) is 19.2 Å². The standard InChI is InChI=1S/C12H20N2O2/c1-2-5-13-7-11-6-12(16-14-11)9-15-8-10-3-4-10/h6,10,13H,2-5,7-9H2,1H3. The van der Waals surface area contributed by atoms with E-state index in [9.17, 15) is 0 Å². The smallest absolute Gasteiger partial charge is 0.162 e. The fraction of sp³-hybridized carbons (Fsp3) is 0.750. The van der Waals surface area contributed by atoms with Crippen LogP contribution < -0.4 is 5.32 Å². The molecule has 1 fully saturated rings. The number of hydrogen-bond acceptors (Lipinski definition) is 4. The summed E-state index contributed by atoms with van der Waals surface area (Å²) in [6.07, 6.45) is 3.78. The van der Waals surface area contributed by atoms with E-state index in [-0.39, 0.29) is 0 Å². The number of rotatable bonds is 8. The maximum Gasteiger partial charge on any atom is 0.162 e. The van der Waals surface area contributed by atoms with Gasteiger partial charge in [0.05, 0.1) is 5.69 Å². The van der Waals surface area contributed by atoms with Crippen LogP contribution in [0.3, 0.4) is 0 Å². The molecule has 0 amide bonds. The third kappa shape index (κ3) is 3.94. The summed E-state index contributed by atoms with van der Waals surface area (Å²) in [5.41, 5.74) is 0.957. The summed E-state index contributed by atoms with van der Waals surface area (Å²) in [6, 6.07) is 1.97. The molecule has 0 radical (unpaired) electrons. The van der Waals surface area contributed by atoms with Crippen LogP contribution in [-0.4, -0.2) is 18.3 Å². The molecule has 4 nitrogen and oxygen atoms in total. The Morgan fingerprint density at radius 2 is 2.44 bits per heavy atom. The lowest BCUT2D eigenvalue weighted by Gasteiger charge is -1.98. The highest BCUT2D eigenvalue weighted by molar-refractivity contribution is 5.04. The highest BCUT2D eigenvalue weighted by Crippen LogP contribution is 2.29. The first-order valence-corrected chi connectivity index (χ1v) is 6.11. The van der Waals surface area contributed by atoms with Crippen molar-refractivity contribution in [3.05, 3.63) is 17.5 Å². The van der Waals surface area contributed by atoms with Crippen molar-refractivity contribution in [1.29, 1.82) is 0 Å². The van der Waals surface area contributed by atoms with E-state index in [1.54, 1.807) is 0 Å². The van der Waals surface area contributed by atoms with Gasteiger partial charge in [-0.2, -0.15) is 0 Å². The van der Waals surface area contributed by atoms with Crippen LogP contribution in [0.4, 0.5) is 0 Å². The molecule has 1 aliphatic carbocycles. The van der Waals surface area contributed by atoms with E-state index in [4.69, 9.17) is 9.26 Å². The van der Waals surface area contributed by atoms with Crippen molar-refractivity contribution in [3.63, 3.8) is 0 Å². The zero-order chi connectivity index (χ0) is 11.2. The molecule has 1 aromatic rings. The van der Waals surface area contributed by atoms with Gasteiger partial charge < -0.3 is 14.6 Å². The van der Waals surface area contributed by atoms with E-state index in [1.807, 2.05) is 6.07 Å². The van der Waals surface area contributed by atoms with Gasteiger partial charge in [0.1, 0.15) is 6.61 Å². The van der Waals surface area contributed by atoms with E-state index < -0.39 is 0 Å². The molecule has 1 saturated carbocycles. The molecule has 0 saturated heterocycles. The summed E-state index contributed by atoms with van der Waals surface area (Å²) >= 11 is 0. The van der Waals surface area contributed by atoms with Gasteiger partial charge >= 0.3 is 0 Å². The quantitative estimate of drug-likeness (QED) is 0.687. The maximum atomic E-state index is 5.53. The van der Waals surface area contributed by atoms with Crippen LogP contribution in [0.25, 0.3) is 0 Å². The topological polar surface area (TPSA) is 47.3 Å². The summed E-state index contributed by atoms with van der Waals surface area (Å²) in [6.45, 7) is 5.36. The van der Waals surface area contributed by atoms with Gasteiger partial charge in [-0.25, -0.2) is 0 Å². The largest absolute Gasteiger partial charge is 0.373 e. The molecule has 1 aromatic heterocycles. The van der Waals surface area contributed by atoms with Crippen molar-refractivity contribution >= 4 is 0 Å². The van der Waals surface area contributed by atoms with Crippen LogP contribution in [0.5, 0.6) is 0 Å². The Morgan fingerprint density at radius 3 is 3.19 bits per heavy atom. The minimum absolute atomic E-state index is 0.553. The lowest BCUT2D eigenvalue weighted by Crippen LogP contribution is -2.13. The minimum Gasteiger partial charge on any atom is -0.373 e. The first-order valence-electron chi connectivity index (χ1n) is 6.11. The van der Waals surface area contributed by atoms with Crippen LogP contribution in [-0.2, 0) is 17.9 Å². The summed E-state index contributed by atoms with van der Waals surface area (Å²) in [7, 11) is 0. The third-order valence-corrected chi connectivity index (χ3v) is 2.64. The van der Waals surface area contributed by atoms with Crippen molar-refractivity contribution in [2.45, 2.75) is 39.3 Å². The molecule has 0 unspecified atom stereocenters. The summed E-state index contributed by atoms with van der Waals surface area (Å²) in [5, 5.41) is 7.27. The Kier molecular flexibility index (Phi) is 4.36. The molecular formula is C12H20N2O2. The lowest BCUT2D eigenvalue weighted by molar-refractivity contribution is 0.0926. The second-order valence-electron chi connectivity index (χ2n) is 4.42. The molecule has 1 N–H and O–H groups in total. The van der Waals surface area contributed by atoms with Crippen LogP contribution in [0, 0.1) is 5.92 Å². The Bertz CT molecular complexity index is 308. The van der Waals surface area contributed by atoms with Crippen molar-refractivity contribution in [2.75, 3.05) is 13.2 Å². The average Bonchev–Trinajstić information content (AvgIpc) is 2.99. The Morgan fingerprint density at radius 1 is 1.56 bits per heavy atom. The van der Waals surface area contributed by atoms with E-state index in [2.05, 4.69) is 17.4 Å². The molecular weight excluding hydrogens is 204 g/mol. The maximum absolute atomic E-state index is 5.53. The molecule has 0 bridgehead atoms. The first kappa shape index (κ1) is 11.6. The number of nitrogens with zero attached hydrogens (tertiary/aromatic N) is 1. The Labute approximate surface area is 96.3 Å². The summed E-state index contributed by atoms with van der Waals surface area (Å²) < 4.78 is 10.7. The summed E-state index contributed by atoms with van der Waals surface area (Å²) in [4.78, 5) is 0. The normalized spacial score (nSPS) is 15.6. The van der Waals surface area contributed by atoms with Crippen molar-refractivity contribution in [2.24, 2.45) is 5.92 Å². The van der Waals surface area contributed by atoms with Crippen molar-refractivity contribution < 1.29 is 9.26 Å². The SMILES string of the molecule is CCCNCc1cc(COCC2CC2)on1. The average molecular weight is 224 g/mol. The molecule has 1 heterocycles. The molecule has 0 aromatic carbocycles. The van der Waals surface area contributed by atoms with E-state index in [0.29, 0.717) is 6.61 Å². The van der Waals surface area contributed by atoms with Crippen molar-refractivity contribution in [1.82, 2.24) is 10.5 Å². The molecule has 0 aliphatic heterocycles. The highest BCUT2D eigenvalue weighted by Gasteiger charge is 2.21. The van der Waals surface area contributed by atoms with Gasteiger partial charge in [0.2, 0.25) is 0 Å². The zero-order valence-electron chi connectivity index (χ0n) is 9.87. The second-order valence-corrected chi connectivity index (χ2v) is 4.42. The first-order chi connectivity index (χ1) is 7.88. The molecule has 0 spiro atoms. The minimum atomic E-state index is 0.553. The van der Waals surface area contributed by atoms with Gasteiger partial charge in [0.25, 0.3) is 0 Å². The number of ether oxygens (including phenoxy) is 1. The molecule has 16 heavy (non-hydrogen) atoms. The van der Waals surface area contributed by atoms with Crippen LogP contribution >= 0.6 is 0 Å². The van der Waals surface area contributed by atoms with Gasteiger partial charge in [0.15, 0.2) is 5.76 Å². The lowest BCUT2D eigenvalue weighted by atomic mass is 10.3. The third-order valence-electron chi connectivity index (χ3n) is 2.64. The monoisotopic (exact) mass is 224 g/mol. The fourth-order valence-electron chi connectivity index (χ4n) is 1.51. The van der Waals surface area contributed by atoms with Crippen molar-refractivity contribution in [3.8, 4) is 0 Å². The van der Waals surface area contributed by atoms with Gasteiger partial charge in [-0.15, -0.1) is 0 Å². The highest BCUT2D eigenvalue weighted by atomic mass is 16.5. The van der Waals surface area contributed by atoms with Gasteiger partial charge in [-0.1, -0.05) is 12.1 Å². The van der Waals surface area contributed by atoms with Crippen LogP contribution in [0.15, 0.2) is 10.6 Å². The number of hydrogen-bond donors (Lipinski definition) is 1. The second kappa shape index (κ2) is 6.01. The molecule has 90 valence electrons. The van der Waals surface area contributed by atoms with E-state index >= 15 is 0 Å². The fourth-order valence-corrected chi connectivity index (χ4v) is 1.51. The van der Waals surface area contributed by atoms with Crippen LogP contribution in [0.2, 0.25) is 0 Å². The van der Waals surface area contributed by atoms with Gasteiger partial charge in [-0.3, -0.25) is 0 Å². The van der Waals surface area contributed by atoms with E-state index in [0.717, 1.165) is 43.5 Å². The number of aromatic nitrogens is 1. The predicted octanol–water partition coefficient (Wildman–Crippen LogP) is 2.10. The zero-order valence-corrected chi connectivity index (χ0v) is 9.87. The summed E-state index contributed by atoms with van der Waals surface area (Å²) in [5.74, 6) is 1.63. The Hall–Kier alpha value is -0.870. The van der Waals surface area contributed by atoms with Gasteiger partial charge in [-0.05, 0) is 31.7 Å². The van der Waals surface area contributed by atoms with E-state index in [1.165, 1.54) is 12.8 Å². The molecule has 4 heteroatoms. The Balaban J connectivity index is 1.64. The molecule has 1 aliphatic rings.